The number of carbonyl (C=O) groups is 1. The third kappa shape index (κ3) is 4.22. The van der Waals surface area contributed by atoms with Crippen molar-refractivity contribution in [3.8, 4) is 5.88 Å². The van der Waals surface area contributed by atoms with Crippen molar-refractivity contribution in [2.24, 2.45) is 0 Å². The highest BCUT2D eigenvalue weighted by atomic mass is 28.4. The Morgan fingerprint density at radius 2 is 1.83 bits per heavy atom. The first-order chi connectivity index (χ1) is 7.99. The topological polar surface area (TPSA) is 40.5 Å². The summed E-state index contributed by atoms with van der Waals surface area (Å²) in [5.41, 5.74) is 0.439. The average Bonchev–Trinajstić information content (AvgIpc) is 2.42. The quantitative estimate of drug-likeness (QED) is 0.767. The van der Waals surface area contributed by atoms with E-state index in [4.69, 9.17) is 9.16 Å². The summed E-state index contributed by atoms with van der Waals surface area (Å²) < 4.78 is 12.7. The minimum Gasteiger partial charge on any atom is -0.532 e. The lowest BCUT2D eigenvalue weighted by atomic mass is 10.2. The van der Waals surface area contributed by atoms with Crippen LogP contribution in [0.2, 0.25) is 19.6 Å². The van der Waals surface area contributed by atoms with E-state index in [0.717, 1.165) is 5.56 Å². The van der Waals surface area contributed by atoms with Crippen molar-refractivity contribution in [3.63, 3.8) is 0 Å². The van der Waals surface area contributed by atoms with Crippen LogP contribution >= 0.6 is 0 Å². The second-order valence-corrected chi connectivity index (χ2v) is 10.8. The van der Waals surface area contributed by atoms with Crippen LogP contribution in [-0.2, 0) is 4.74 Å². The molecule has 0 aliphatic rings. The van der Waals surface area contributed by atoms with Crippen molar-refractivity contribution in [2.45, 2.75) is 52.9 Å². The molecule has 0 aliphatic heterocycles. The summed E-state index contributed by atoms with van der Waals surface area (Å²) in [6, 6.07) is 1.86. The Kier molecular flexibility index (Phi) is 3.95. The Morgan fingerprint density at radius 1 is 1.28 bits per heavy atom. The van der Waals surface area contributed by atoms with Crippen molar-refractivity contribution in [1.29, 1.82) is 0 Å². The van der Waals surface area contributed by atoms with Crippen molar-refractivity contribution < 1.29 is 14.0 Å². The van der Waals surface area contributed by atoms with Gasteiger partial charge in [-0.2, -0.15) is 0 Å². The van der Waals surface area contributed by atoms with Crippen LogP contribution in [0.1, 0.15) is 26.3 Å². The zero-order valence-corrected chi connectivity index (χ0v) is 13.3. The van der Waals surface area contributed by atoms with Gasteiger partial charge < -0.3 is 9.16 Å². The number of hydrogen-bond donors (Lipinski definition) is 0. The van der Waals surface area contributed by atoms with Crippen LogP contribution in [0, 0.1) is 6.92 Å². The summed E-state index contributed by atoms with van der Waals surface area (Å²) in [6.45, 7) is 13.7. The van der Waals surface area contributed by atoms with Gasteiger partial charge in [0, 0.05) is 11.8 Å². The molecule has 4 nitrogen and oxygen atoms in total. The number of ether oxygens (including phenoxy) is 1. The van der Waals surface area contributed by atoms with Gasteiger partial charge in [-0.25, -0.2) is 9.36 Å². The van der Waals surface area contributed by atoms with Crippen molar-refractivity contribution in [2.75, 3.05) is 0 Å². The molecule has 1 rings (SSSR count). The van der Waals surface area contributed by atoms with Gasteiger partial charge in [-0.15, -0.1) is 0 Å². The maximum Gasteiger partial charge on any atom is 0.421 e. The number of hydrogen-bond acceptors (Lipinski definition) is 3. The van der Waals surface area contributed by atoms with Crippen LogP contribution < -0.4 is 4.43 Å². The SMILES string of the molecule is Cc1ccn(C(=O)OC(C)(C)C)c1O[Si](C)(C)C. The molecule has 0 saturated heterocycles. The van der Waals surface area contributed by atoms with E-state index in [9.17, 15) is 4.79 Å². The van der Waals surface area contributed by atoms with E-state index in [1.165, 1.54) is 4.57 Å². The molecule has 1 aromatic rings. The molecule has 18 heavy (non-hydrogen) atoms. The van der Waals surface area contributed by atoms with E-state index in [0.29, 0.717) is 5.88 Å². The molecule has 0 unspecified atom stereocenters. The van der Waals surface area contributed by atoms with Crippen LogP contribution in [0.15, 0.2) is 12.3 Å². The van der Waals surface area contributed by atoms with Crippen molar-refractivity contribution >= 4 is 14.4 Å². The number of aromatic nitrogens is 1. The number of rotatable bonds is 2. The summed E-state index contributed by atoms with van der Waals surface area (Å²) in [7, 11) is -1.76. The van der Waals surface area contributed by atoms with Gasteiger partial charge in [-0.05, 0) is 53.4 Å². The lowest BCUT2D eigenvalue weighted by Crippen LogP contribution is -2.33. The number of nitrogens with zero attached hydrogens (tertiary/aromatic N) is 1. The smallest absolute Gasteiger partial charge is 0.421 e. The zero-order valence-electron chi connectivity index (χ0n) is 12.3. The summed E-state index contributed by atoms with van der Waals surface area (Å²) in [4.78, 5) is 12.1. The molecular weight excluding hydrogens is 246 g/mol. The van der Waals surface area contributed by atoms with Crippen LogP contribution in [0.5, 0.6) is 5.88 Å². The van der Waals surface area contributed by atoms with Gasteiger partial charge in [0.25, 0.3) is 0 Å². The van der Waals surface area contributed by atoms with Crippen LogP contribution in [0.25, 0.3) is 0 Å². The Hall–Kier alpha value is -1.23. The molecule has 5 heteroatoms. The molecule has 0 fully saturated rings. The normalized spacial score (nSPS) is 12.4. The predicted molar refractivity (Wildman–Crippen MR) is 74.8 cm³/mol. The van der Waals surface area contributed by atoms with Gasteiger partial charge in [0.1, 0.15) is 5.60 Å². The zero-order chi connectivity index (χ0) is 14.1. The maximum absolute atomic E-state index is 12.1. The van der Waals surface area contributed by atoms with Gasteiger partial charge in [0.05, 0.1) is 0 Å². The molecule has 0 spiro atoms. The molecule has 1 heterocycles. The number of aryl methyl sites for hydroxylation is 1. The summed E-state index contributed by atoms with van der Waals surface area (Å²) in [5.74, 6) is 0.600. The molecule has 0 N–H and O–H groups in total. The largest absolute Gasteiger partial charge is 0.532 e. The van der Waals surface area contributed by atoms with Crippen LogP contribution in [-0.4, -0.2) is 24.6 Å². The highest BCUT2D eigenvalue weighted by molar-refractivity contribution is 6.70. The molecule has 0 aromatic carbocycles. The standard InChI is InChI=1S/C13H23NO3Si/c1-10-8-9-14(11(10)17-18(5,6)7)12(15)16-13(2,3)4/h8-9H,1-7H3. The molecule has 0 atom stereocenters. The van der Waals surface area contributed by atoms with E-state index in [1.807, 2.05) is 33.8 Å². The highest BCUT2D eigenvalue weighted by Crippen LogP contribution is 2.24. The first-order valence-corrected chi connectivity index (χ1v) is 9.51. The van der Waals surface area contributed by atoms with Gasteiger partial charge in [0.2, 0.25) is 8.32 Å². The first-order valence-electron chi connectivity index (χ1n) is 6.10. The van der Waals surface area contributed by atoms with E-state index in [1.54, 1.807) is 6.20 Å². The monoisotopic (exact) mass is 269 g/mol. The molecule has 0 radical (unpaired) electrons. The van der Waals surface area contributed by atoms with Crippen LogP contribution in [0.4, 0.5) is 4.79 Å². The Labute approximate surface area is 110 Å². The fourth-order valence-electron chi connectivity index (χ4n) is 1.39. The number of carbonyl (C=O) groups excluding carboxylic acids is 1. The third-order valence-corrected chi connectivity index (χ3v) is 2.83. The third-order valence-electron chi connectivity index (χ3n) is 2.02. The van der Waals surface area contributed by atoms with Crippen molar-refractivity contribution in [1.82, 2.24) is 4.57 Å². The summed E-state index contributed by atoms with van der Waals surface area (Å²) in [5, 5.41) is 0. The minimum atomic E-state index is -1.76. The fourth-order valence-corrected chi connectivity index (χ4v) is 2.23. The molecule has 0 aliphatic carbocycles. The van der Waals surface area contributed by atoms with E-state index in [-0.39, 0.29) is 0 Å². The summed E-state index contributed by atoms with van der Waals surface area (Å²) >= 11 is 0. The fraction of sp³-hybridized carbons (Fsp3) is 0.615. The molecule has 1 aromatic heterocycles. The Morgan fingerprint density at radius 3 is 2.28 bits per heavy atom. The van der Waals surface area contributed by atoms with Gasteiger partial charge >= 0.3 is 6.09 Å². The van der Waals surface area contributed by atoms with E-state index >= 15 is 0 Å². The predicted octanol–water partition coefficient (Wildman–Crippen LogP) is 3.79. The van der Waals surface area contributed by atoms with Gasteiger partial charge in [-0.3, -0.25) is 0 Å². The summed E-state index contributed by atoms with van der Waals surface area (Å²) in [6.07, 6.45) is 1.29. The lowest BCUT2D eigenvalue weighted by molar-refractivity contribution is 0.0529. The second-order valence-electron chi connectivity index (χ2n) is 6.37. The lowest BCUT2D eigenvalue weighted by Gasteiger charge is -2.23. The van der Waals surface area contributed by atoms with E-state index < -0.39 is 20.0 Å². The van der Waals surface area contributed by atoms with Gasteiger partial charge in [-0.1, -0.05) is 0 Å². The average molecular weight is 269 g/mol. The van der Waals surface area contributed by atoms with Crippen molar-refractivity contribution in [3.05, 3.63) is 17.8 Å². The second kappa shape index (κ2) is 4.80. The Bertz CT molecular complexity index is 438. The highest BCUT2D eigenvalue weighted by Gasteiger charge is 2.25. The minimum absolute atomic E-state index is 0.399. The van der Waals surface area contributed by atoms with E-state index in [2.05, 4.69) is 19.6 Å². The molecule has 0 bridgehead atoms. The molecule has 102 valence electrons. The Balaban J connectivity index is 3.00. The maximum atomic E-state index is 12.1. The molecular formula is C13H23NO3Si. The molecule has 0 saturated carbocycles. The molecule has 0 amide bonds. The van der Waals surface area contributed by atoms with Crippen LogP contribution in [0.3, 0.4) is 0 Å². The first kappa shape index (κ1) is 14.8. The van der Waals surface area contributed by atoms with Gasteiger partial charge in [0.15, 0.2) is 5.88 Å².